The summed E-state index contributed by atoms with van der Waals surface area (Å²) in [4.78, 5) is 0. The van der Waals surface area contributed by atoms with Gasteiger partial charge in [0.25, 0.3) is 0 Å². The smallest absolute Gasteiger partial charge is 0.178 e. The number of phenolic OH excluding ortho intramolecular Hbond substituents is 2. The van der Waals surface area contributed by atoms with Crippen molar-refractivity contribution in [2.75, 3.05) is 7.11 Å². The van der Waals surface area contributed by atoms with Crippen LogP contribution < -0.4 is 9.47 Å². The number of hydrogen-bond acceptors (Lipinski definition) is 4. The molecule has 1 aliphatic carbocycles. The second-order valence-corrected chi connectivity index (χ2v) is 12.6. The largest absolute Gasteiger partial charge is 0.508 e. The number of ether oxygens (including phenoxy) is 2. The van der Waals surface area contributed by atoms with Crippen molar-refractivity contribution >= 4 is 16.8 Å². The third-order valence-corrected chi connectivity index (χ3v) is 10.4. The van der Waals surface area contributed by atoms with Crippen molar-refractivity contribution in [3.63, 3.8) is 0 Å². The highest BCUT2D eigenvalue weighted by atomic mass is 16.5. The summed E-state index contributed by atoms with van der Waals surface area (Å²) in [7, 11) is 1.71. The maximum absolute atomic E-state index is 10.2. The summed E-state index contributed by atoms with van der Waals surface area (Å²) < 4.78 is 13.2. The van der Waals surface area contributed by atoms with Crippen molar-refractivity contribution in [3.05, 3.63) is 149 Å². The Bertz CT molecular complexity index is 2130. The lowest BCUT2D eigenvalue weighted by atomic mass is 9.70. The van der Waals surface area contributed by atoms with E-state index in [2.05, 4.69) is 86.7 Å². The molecule has 0 saturated heterocycles. The first-order chi connectivity index (χ1) is 22.9. The molecule has 0 atom stereocenters. The summed E-state index contributed by atoms with van der Waals surface area (Å²) in [6.07, 6.45) is 6.24. The first kappa shape index (κ1) is 29.0. The molecule has 0 radical (unpaired) electrons. The summed E-state index contributed by atoms with van der Waals surface area (Å²) in [5, 5.41) is 22.5. The van der Waals surface area contributed by atoms with Crippen LogP contribution in [0.4, 0.5) is 0 Å². The highest BCUT2D eigenvalue weighted by Gasteiger charge is 2.47. The van der Waals surface area contributed by atoms with Gasteiger partial charge in [-0.2, -0.15) is 0 Å². The standard InChI is InChI=1S/C43H36O4/c1-4-42(5-2)38-25-28(27-9-7-6-8-10-27)11-21-35(38)39-37-26-33(46-3)20-22-34(37)41-36(40(39)42)23-24-43(47-41,29-12-16-31(44)17-13-29)30-14-18-32(45)19-15-30/h6-26,44-45H,4-5H2,1-3H3. The van der Waals surface area contributed by atoms with Crippen LogP contribution in [0.1, 0.15) is 54.5 Å². The first-order valence-corrected chi connectivity index (χ1v) is 16.3. The Kier molecular flexibility index (Phi) is 6.66. The van der Waals surface area contributed by atoms with Gasteiger partial charge in [-0.3, -0.25) is 0 Å². The number of fused-ring (bicyclic) bond motifs is 8. The summed E-state index contributed by atoms with van der Waals surface area (Å²) in [6.45, 7) is 4.59. The van der Waals surface area contributed by atoms with E-state index in [0.717, 1.165) is 51.8 Å². The molecular formula is C43H36O4. The summed E-state index contributed by atoms with van der Waals surface area (Å²) in [5.41, 5.74) is 9.16. The maximum Gasteiger partial charge on any atom is 0.178 e. The number of rotatable bonds is 6. The fourth-order valence-electron chi connectivity index (χ4n) is 8.01. The van der Waals surface area contributed by atoms with E-state index in [1.807, 2.05) is 30.3 Å². The zero-order chi connectivity index (χ0) is 32.3. The van der Waals surface area contributed by atoms with Gasteiger partial charge in [-0.25, -0.2) is 0 Å². The van der Waals surface area contributed by atoms with E-state index in [9.17, 15) is 10.2 Å². The molecule has 1 aliphatic heterocycles. The van der Waals surface area contributed by atoms with Crippen LogP contribution in [0.3, 0.4) is 0 Å². The summed E-state index contributed by atoms with van der Waals surface area (Å²) in [5.74, 6) is 1.98. The van der Waals surface area contributed by atoms with E-state index < -0.39 is 5.60 Å². The van der Waals surface area contributed by atoms with E-state index in [4.69, 9.17) is 9.47 Å². The highest BCUT2D eigenvalue weighted by molar-refractivity contribution is 6.09. The molecular weight excluding hydrogens is 580 g/mol. The van der Waals surface area contributed by atoms with E-state index in [1.54, 1.807) is 31.4 Å². The van der Waals surface area contributed by atoms with Gasteiger partial charge in [-0.1, -0.05) is 86.7 Å². The quantitative estimate of drug-likeness (QED) is 0.195. The van der Waals surface area contributed by atoms with Gasteiger partial charge in [-0.15, -0.1) is 0 Å². The van der Waals surface area contributed by atoms with Crippen LogP contribution in [0.15, 0.2) is 121 Å². The van der Waals surface area contributed by atoms with E-state index in [0.29, 0.717) is 0 Å². The number of benzene rings is 6. The Morgan fingerprint density at radius 1 is 0.681 bits per heavy atom. The van der Waals surface area contributed by atoms with E-state index in [1.165, 1.54) is 33.4 Å². The molecule has 6 aromatic rings. The summed E-state index contributed by atoms with van der Waals surface area (Å²) in [6, 6.07) is 38.2. The molecule has 2 aliphatic rings. The molecule has 4 heteroatoms. The predicted octanol–water partition coefficient (Wildman–Crippen LogP) is 10.4. The van der Waals surface area contributed by atoms with Crippen LogP contribution in [0, 0.1) is 0 Å². The highest BCUT2D eigenvalue weighted by Crippen LogP contribution is 2.61. The molecule has 4 nitrogen and oxygen atoms in total. The van der Waals surface area contributed by atoms with Crippen LogP contribution in [0.5, 0.6) is 23.0 Å². The molecule has 0 saturated carbocycles. The zero-order valence-electron chi connectivity index (χ0n) is 26.7. The van der Waals surface area contributed by atoms with Gasteiger partial charge in [0.05, 0.1) is 7.11 Å². The fraction of sp³-hybridized carbons (Fsp3) is 0.163. The Morgan fingerprint density at radius 2 is 1.34 bits per heavy atom. The zero-order valence-corrected chi connectivity index (χ0v) is 26.7. The van der Waals surface area contributed by atoms with Crippen LogP contribution in [0.2, 0.25) is 0 Å². The third-order valence-electron chi connectivity index (χ3n) is 10.4. The van der Waals surface area contributed by atoms with Gasteiger partial charge in [-0.05, 0) is 106 Å². The maximum atomic E-state index is 10.2. The minimum Gasteiger partial charge on any atom is -0.508 e. The number of aromatic hydroxyl groups is 2. The van der Waals surface area contributed by atoms with Crippen molar-refractivity contribution in [2.24, 2.45) is 0 Å². The van der Waals surface area contributed by atoms with E-state index in [-0.39, 0.29) is 16.9 Å². The molecule has 0 bridgehead atoms. The number of hydrogen-bond donors (Lipinski definition) is 2. The van der Waals surface area contributed by atoms with Gasteiger partial charge < -0.3 is 19.7 Å². The average molecular weight is 617 g/mol. The van der Waals surface area contributed by atoms with Crippen LogP contribution >= 0.6 is 0 Å². The van der Waals surface area contributed by atoms with Crippen LogP contribution in [-0.2, 0) is 11.0 Å². The molecule has 8 rings (SSSR count). The topological polar surface area (TPSA) is 58.9 Å². The fourth-order valence-corrected chi connectivity index (χ4v) is 8.01. The average Bonchev–Trinajstić information content (AvgIpc) is 3.42. The SMILES string of the molecule is CCC1(CC)c2cc(-c3ccccc3)ccc2-c2c1c1c(c3ccc(OC)cc23)OC(c2ccc(O)cc2)(c2ccc(O)cc2)C=C1. The molecule has 1 heterocycles. The lowest BCUT2D eigenvalue weighted by Gasteiger charge is -2.39. The molecule has 0 spiro atoms. The molecule has 0 amide bonds. The van der Waals surface area contributed by atoms with Crippen molar-refractivity contribution in [2.45, 2.75) is 37.7 Å². The second-order valence-electron chi connectivity index (χ2n) is 12.6. The molecule has 0 aromatic heterocycles. The minimum atomic E-state index is -0.998. The van der Waals surface area contributed by atoms with Crippen molar-refractivity contribution < 1.29 is 19.7 Å². The lowest BCUT2D eigenvalue weighted by molar-refractivity contribution is 0.163. The molecule has 0 fully saturated rings. The predicted molar refractivity (Wildman–Crippen MR) is 189 cm³/mol. The Balaban J connectivity index is 1.44. The summed E-state index contributed by atoms with van der Waals surface area (Å²) >= 11 is 0. The van der Waals surface area contributed by atoms with Crippen molar-refractivity contribution in [3.8, 4) is 45.3 Å². The van der Waals surface area contributed by atoms with Crippen molar-refractivity contribution in [1.82, 2.24) is 0 Å². The Hall–Kier alpha value is -5.48. The Morgan fingerprint density at radius 3 is 1.96 bits per heavy atom. The van der Waals surface area contributed by atoms with Crippen LogP contribution in [0.25, 0.3) is 39.1 Å². The molecule has 0 unspecified atom stereocenters. The van der Waals surface area contributed by atoms with Gasteiger partial charge in [0.1, 0.15) is 23.0 Å². The van der Waals surface area contributed by atoms with Gasteiger partial charge in [0.2, 0.25) is 0 Å². The monoisotopic (exact) mass is 616 g/mol. The van der Waals surface area contributed by atoms with Crippen LogP contribution in [-0.4, -0.2) is 17.3 Å². The normalized spacial score (nSPS) is 15.0. The van der Waals surface area contributed by atoms with Crippen molar-refractivity contribution in [1.29, 1.82) is 0 Å². The molecule has 47 heavy (non-hydrogen) atoms. The van der Waals surface area contributed by atoms with E-state index >= 15 is 0 Å². The number of methoxy groups -OCH3 is 1. The van der Waals surface area contributed by atoms with Gasteiger partial charge in [0, 0.05) is 27.5 Å². The van der Waals surface area contributed by atoms with Gasteiger partial charge >= 0.3 is 0 Å². The molecule has 6 aromatic carbocycles. The third kappa shape index (κ3) is 4.21. The molecule has 2 N–H and O–H groups in total. The number of phenols is 2. The Labute approximate surface area is 275 Å². The minimum absolute atomic E-state index is 0.188. The lowest BCUT2D eigenvalue weighted by Crippen LogP contribution is -2.35. The molecule has 232 valence electrons. The van der Waals surface area contributed by atoms with Gasteiger partial charge in [0.15, 0.2) is 5.60 Å². The first-order valence-electron chi connectivity index (χ1n) is 16.3. The second kappa shape index (κ2) is 10.8.